The van der Waals surface area contributed by atoms with Gasteiger partial charge in [-0.15, -0.1) is 5.10 Å². The van der Waals surface area contributed by atoms with Crippen molar-refractivity contribution < 1.29 is 9.53 Å². The molecule has 2 heterocycles. The first-order valence-electron chi connectivity index (χ1n) is 8.27. The third-order valence-corrected chi connectivity index (χ3v) is 3.96. The number of hydrogen-bond acceptors (Lipinski definition) is 6. The fourth-order valence-corrected chi connectivity index (χ4v) is 2.75. The molecule has 8 heteroatoms. The molecule has 5 N–H and O–H groups in total. The average Bonchev–Trinajstić information content (AvgIpc) is 3.06. The van der Waals surface area contributed by atoms with Gasteiger partial charge < -0.3 is 15.8 Å². The molecule has 0 bridgehead atoms. The van der Waals surface area contributed by atoms with Crippen LogP contribution in [0.25, 0.3) is 0 Å². The van der Waals surface area contributed by atoms with Gasteiger partial charge in [0.05, 0.1) is 6.61 Å². The van der Waals surface area contributed by atoms with Crippen LogP contribution in [0.4, 0.5) is 0 Å². The zero-order valence-corrected chi connectivity index (χ0v) is 14.8. The minimum absolute atomic E-state index is 0.213. The highest BCUT2D eigenvalue weighted by Crippen LogP contribution is 2.26. The molecule has 1 aromatic heterocycles. The first-order chi connectivity index (χ1) is 12.4. The van der Waals surface area contributed by atoms with Gasteiger partial charge in [-0.1, -0.05) is 12.1 Å². The molecular formula is C18H22N6O2. The van der Waals surface area contributed by atoms with E-state index in [9.17, 15) is 4.79 Å². The summed E-state index contributed by atoms with van der Waals surface area (Å²) in [5.74, 6) is 6.30. The summed E-state index contributed by atoms with van der Waals surface area (Å²) >= 11 is 0. The molecule has 0 saturated carbocycles. The summed E-state index contributed by atoms with van der Waals surface area (Å²) < 4.78 is 5.55. The molecule has 0 aliphatic carbocycles. The summed E-state index contributed by atoms with van der Waals surface area (Å²) in [5, 5.41) is 7.93. The number of nitrogens with two attached hydrogens (primary N) is 2. The molecule has 1 amide bonds. The van der Waals surface area contributed by atoms with E-state index < -0.39 is 0 Å². The van der Waals surface area contributed by atoms with Gasteiger partial charge in [0.1, 0.15) is 11.4 Å². The van der Waals surface area contributed by atoms with Gasteiger partial charge in [-0.2, -0.15) is 0 Å². The Bertz CT molecular complexity index is 863. The third-order valence-electron chi connectivity index (χ3n) is 3.96. The molecular weight excluding hydrogens is 332 g/mol. The number of amidine groups is 1. The number of fused-ring (bicyclic) bond motifs is 1. The van der Waals surface area contributed by atoms with Gasteiger partial charge in [0.15, 0.2) is 5.84 Å². The highest BCUT2D eigenvalue weighted by atomic mass is 16.5. The molecule has 8 nitrogen and oxygen atoms in total. The van der Waals surface area contributed by atoms with Crippen LogP contribution in [0.15, 0.2) is 35.4 Å². The monoisotopic (exact) mass is 354 g/mol. The summed E-state index contributed by atoms with van der Waals surface area (Å²) in [4.78, 5) is 16.8. The second-order valence-electron chi connectivity index (χ2n) is 6.16. The van der Waals surface area contributed by atoms with Crippen LogP contribution in [-0.2, 0) is 13.0 Å². The van der Waals surface area contributed by atoms with E-state index in [1.54, 1.807) is 26.1 Å². The highest BCUT2D eigenvalue weighted by Gasteiger charge is 2.14. The Morgan fingerprint density at radius 3 is 2.96 bits per heavy atom. The van der Waals surface area contributed by atoms with E-state index >= 15 is 0 Å². The molecule has 1 aromatic carbocycles. The number of hydrazone groups is 1. The number of aryl methyl sites for hydroxylation is 1. The van der Waals surface area contributed by atoms with Gasteiger partial charge in [0.2, 0.25) is 0 Å². The molecule has 0 fully saturated rings. The van der Waals surface area contributed by atoms with Crippen LogP contribution in [0.1, 0.15) is 32.9 Å². The highest BCUT2D eigenvalue weighted by molar-refractivity contribution is 6.00. The van der Waals surface area contributed by atoms with E-state index in [0.29, 0.717) is 24.4 Å². The van der Waals surface area contributed by atoms with Gasteiger partial charge in [-0.25, -0.2) is 15.9 Å². The van der Waals surface area contributed by atoms with E-state index in [1.165, 1.54) is 5.56 Å². The lowest BCUT2D eigenvalue weighted by Crippen LogP contribution is -2.27. The minimum atomic E-state index is -0.287. The quantitative estimate of drug-likeness (QED) is 0.314. The number of nitrogens with one attached hydrogen (secondary N) is 1. The molecule has 0 spiro atoms. The van der Waals surface area contributed by atoms with Crippen LogP contribution < -0.4 is 21.6 Å². The number of amides is 1. The Morgan fingerprint density at radius 1 is 1.38 bits per heavy atom. The Kier molecular flexibility index (Phi) is 5.04. The number of hydrogen-bond donors (Lipinski definition) is 3. The average molecular weight is 354 g/mol. The summed E-state index contributed by atoms with van der Waals surface area (Å²) in [5.41, 5.74) is 9.60. The van der Waals surface area contributed by atoms with Crippen LogP contribution in [-0.4, -0.2) is 35.5 Å². The van der Waals surface area contributed by atoms with E-state index in [1.807, 2.05) is 18.2 Å². The van der Waals surface area contributed by atoms with Crippen molar-refractivity contribution in [2.45, 2.75) is 19.9 Å². The van der Waals surface area contributed by atoms with Crippen molar-refractivity contribution in [2.24, 2.45) is 16.7 Å². The van der Waals surface area contributed by atoms with Crippen LogP contribution >= 0.6 is 0 Å². The summed E-state index contributed by atoms with van der Waals surface area (Å²) in [6.07, 6.45) is 0.929. The smallest absolute Gasteiger partial charge is 0.270 e. The zero-order chi connectivity index (χ0) is 18.7. The Hall–Kier alpha value is -3.13. The number of rotatable bonds is 5. The van der Waals surface area contributed by atoms with E-state index in [4.69, 9.17) is 16.3 Å². The van der Waals surface area contributed by atoms with Gasteiger partial charge in [-0.05, 0) is 36.2 Å². The van der Waals surface area contributed by atoms with Gasteiger partial charge in [0.25, 0.3) is 5.91 Å². The van der Waals surface area contributed by atoms with E-state index in [2.05, 4.69) is 15.4 Å². The zero-order valence-electron chi connectivity index (χ0n) is 14.8. The molecule has 0 radical (unpaired) electrons. The van der Waals surface area contributed by atoms with Crippen molar-refractivity contribution in [1.82, 2.24) is 15.4 Å². The Labute approximate surface area is 151 Å². The molecule has 0 unspecified atom stereocenters. The summed E-state index contributed by atoms with van der Waals surface area (Å²) in [6.45, 7) is 2.88. The maximum Gasteiger partial charge on any atom is 0.270 e. The van der Waals surface area contributed by atoms with Crippen molar-refractivity contribution in [3.63, 3.8) is 0 Å². The third kappa shape index (κ3) is 4.09. The fraction of sp³-hybridized carbons (Fsp3) is 0.278. The number of carbonyl (C=O) groups excluding carboxylic acids is 1. The van der Waals surface area contributed by atoms with Crippen LogP contribution in [0.5, 0.6) is 5.75 Å². The molecule has 0 saturated heterocycles. The van der Waals surface area contributed by atoms with E-state index in [0.717, 1.165) is 22.9 Å². The lowest BCUT2D eigenvalue weighted by Gasteiger charge is -2.10. The van der Waals surface area contributed by atoms with Crippen molar-refractivity contribution in [3.05, 3.63) is 58.4 Å². The summed E-state index contributed by atoms with van der Waals surface area (Å²) in [6, 6.07) is 9.32. The molecule has 1 aliphatic heterocycles. The fourth-order valence-electron chi connectivity index (χ4n) is 2.75. The molecule has 26 heavy (non-hydrogen) atoms. The molecule has 1 aliphatic rings. The summed E-state index contributed by atoms with van der Waals surface area (Å²) in [7, 11) is 1.56. The van der Waals surface area contributed by atoms with Crippen molar-refractivity contribution in [1.29, 1.82) is 0 Å². The first kappa shape index (κ1) is 17.7. The van der Waals surface area contributed by atoms with Crippen molar-refractivity contribution in [3.8, 4) is 5.75 Å². The molecule has 2 aromatic rings. The maximum absolute atomic E-state index is 12.5. The first-order valence-corrected chi connectivity index (χ1v) is 8.27. The largest absolute Gasteiger partial charge is 0.493 e. The number of pyridine rings is 1. The van der Waals surface area contributed by atoms with Gasteiger partial charge >= 0.3 is 0 Å². The second kappa shape index (κ2) is 7.40. The number of carbonyl (C=O) groups is 1. The standard InChI is InChI=1S/C18H22N6O2/c1-11-7-14(17(19)23-24(2)20)9-15(22-11)18(25)21-10-12-3-4-13-5-6-26-16(13)8-12/h3-4,7-9H,5-6,10,20H2,1-2H3,(H2,19,23)(H,21,25). The number of benzene rings is 1. The van der Waals surface area contributed by atoms with Crippen LogP contribution in [0.2, 0.25) is 0 Å². The van der Waals surface area contributed by atoms with Crippen molar-refractivity contribution in [2.75, 3.05) is 13.7 Å². The molecule has 3 rings (SSSR count). The Morgan fingerprint density at radius 2 is 2.19 bits per heavy atom. The Balaban J connectivity index is 1.72. The lowest BCUT2D eigenvalue weighted by molar-refractivity contribution is 0.0945. The van der Waals surface area contributed by atoms with Crippen molar-refractivity contribution >= 4 is 11.7 Å². The second-order valence-corrected chi connectivity index (χ2v) is 6.16. The number of ether oxygens (including phenoxy) is 1. The van der Waals surface area contributed by atoms with Gasteiger partial charge in [0, 0.05) is 31.3 Å². The number of aromatic nitrogens is 1. The van der Waals surface area contributed by atoms with Crippen LogP contribution in [0.3, 0.4) is 0 Å². The molecule has 136 valence electrons. The SMILES string of the molecule is Cc1cc(/C(N)=N/N(C)N)cc(C(=O)NCc2ccc3c(c2)OCC3)n1. The maximum atomic E-state index is 12.5. The van der Waals surface area contributed by atoms with Crippen LogP contribution in [0, 0.1) is 6.92 Å². The minimum Gasteiger partial charge on any atom is -0.493 e. The number of nitrogens with zero attached hydrogens (tertiary/aromatic N) is 3. The normalized spacial score (nSPS) is 13.1. The predicted octanol–water partition coefficient (Wildman–Crippen LogP) is 0.681. The topological polar surface area (TPSA) is 119 Å². The van der Waals surface area contributed by atoms with Gasteiger partial charge in [-0.3, -0.25) is 4.79 Å². The molecule has 0 atom stereocenters. The van der Waals surface area contributed by atoms with E-state index in [-0.39, 0.29) is 17.4 Å². The number of hydrazine groups is 1. The predicted molar refractivity (Wildman–Crippen MR) is 98.5 cm³/mol. The lowest BCUT2D eigenvalue weighted by atomic mass is 10.1.